The highest BCUT2D eigenvalue weighted by Crippen LogP contribution is 2.19. The molecule has 19 heavy (non-hydrogen) atoms. The summed E-state index contributed by atoms with van der Waals surface area (Å²) in [5.41, 5.74) is 6.66. The summed E-state index contributed by atoms with van der Waals surface area (Å²) in [4.78, 5) is 16.0. The first kappa shape index (κ1) is 13.4. The third-order valence-corrected chi connectivity index (χ3v) is 2.91. The Labute approximate surface area is 118 Å². The Morgan fingerprint density at radius 2 is 2.05 bits per heavy atom. The van der Waals surface area contributed by atoms with E-state index in [1.54, 1.807) is 43.6 Å². The van der Waals surface area contributed by atoms with E-state index < -0.39 is 0 Å². The predicted octanol–water partition coefficient (Wildman–Crippen LogP) is 2.69. The Bertz CT molecular complexity index is 599. The quantitative estimate of drug-likeness (QED) is 0.911. The number of benzene rings is 1. The number of hydrogen-bond acceptors (Lipinski definition) is 4. The first-order valence-corrected chi connectivity index (χ1v) is 6.26. The number of anilines is 2. The fourth-order valence-electron chi connectivity index (χ4n) is 1.50. The molecule has 0 radical (unpaired) electrons. The molecule has 0 saturated carbocycles. The second kappa shape index (κ2) is 5.71. The maximum atomic E-state index is 12.1. The lowest BCUT2D eigenvalue weighted by molar-refractivity contribution is 0.102. The number of rotatable bonds is 3. The van der Waals surface area contributed by atoms with Crippen molar-refractivity contribution in [2.45, 2.75) is 0 Å². The van der Waals surface area contributed by atoms with Gasteiger partial charge in [-0.15, -0.1) is 0 Å². The molecule has 0 spiro atoms. The van der Waals surface area contributed by atoms with E-state index in [1.165, 1.54) is 0 Å². The van der Waals surface area contributed by atoms with Gasteiger partial charge >= 0.3 is 0 Å². The summed E-state index contributed by atoms with van der Waals surface area (Å²) in [5.74, 6) is 0.604. The van der Waals surface area contributed by atoms with Gasteiger partial charge in [-0.3, -0.25) is 4.79 Å². The van der Waals surface area contributed by atoms with E-state index in [4.69, 9.17) is 10.5 Å². The minimum Gasteiger partial charge on any atom is -0.497 e. The molecule has 0 aliphatic carbocycles. The molecule has 3 N–H and O–H groups in total. The number of nitrogens with one attached hydrogen (secondary N) is 1. The third-order valence-electron chi connectivity index (χ3n) is 2.48. The zero-order valence-corrected chi connectivity index (χ0v) is 11.8. The van der Waals surface area contributed by atoms with Gasteiger partial charge in [-0.1, -0.05) is 0 Å². The van der Waals surface area contributed by atoms with E-state index in [1.807, 2.05) is 0 Å². The Morgan fingerprint density at radius 1 is 1.37 bits per heavy atom. The number of carbonyl (C=O) groups is 1. The summed E-state index contributed by atoms with van der Waals surface area (Å²) in [6.45, 7) is 0. The van der Waals surface area contributed by atoms with Crippen molar-refractivity contribution in [3.63, 3.8) is 0 Å². The molecule has 1 amide bonds. The van der Waals surface area contributed by atoms with Crippen LogP contribution in [-0.4, -0.2) is 18.0 Å². The average Bonchev–Trinajstić information content (AvgIpc) is 2.42. The van der Waals surface area contributed by atoms with Crippen molar-refractivity contribution in [1.29, 1.82) is 0 Å². The lowest BCUT2D eigenvalue weighted by atomic mass is 10.2. The number of amides is 1. The number of methoxy groups -OCH3 is 1. The molecule has 0 saturated heterocycles. The number of halogens is 1. The minimum absolute atomic E-state index is 0.189. The Morgan fingerprint density at radius 3 is 2.68 bits per heavy atom. The van der Waals surface area contributed by atoms with Crippen LogP contribution >= 0.6 is 15.9 Å². The normalized spacial score (nSPS) is 10.0. The first-order valence-electron chi connectivity index (χ1n) is 5.46. The Balaban J connectivity index is 2.18. The highest BCUT2D eigenvalue weighted by molar-refractivity contribution is 9.10. The van der Waals surface area contributed by atoms with Crippen molar-refractivity contribution in [1.82, 2.24) is 4.98 Å². The van der Waals surface area contributed by atoms with Gasteiger partial charge in [0.25, 0.3) is 5.91 Å². The van der Waals surface area contributed by atoms with E-state index in [2.05, 4.69) is 26.2 Å². The molecule has 1 aromatic heterocycles. The molecule has 0 aliphatic rings. The number of nitrogens with zero attached hydrogens (tertiary/aromatic N) is 1. The zero-order chi connectivity index (χ0) is 13.8. The van der Waals surface area contributed by atoms with Gasteiger partial charge in [0.05, 0.1) is 12.7 Å². The lowest BCUT2D eigenvalue weighted by Crippen LogP contribution is -2.14. The van der Waals surface area contributed by atoms with Gasteiger partial charge in [0.2, 0.25) is 0 Å². The molecule has 98 valence electrons. The standard InChI is InChI=1S/C13H12BrN3O2/c1-19-10-4-2-9(3-5-10)17-13(18)11-6-8(14)7-16-12(11)15/h2-7H,1H3,(H2,15,16)(H,17,18). The molecule has 1 heterocycles. The molecular formula is C13H12BrN3O2. The van der Waals surface area contributed by atoms with Gasteiger partial charge in [0.15, 0.2) is 0 Å². The third kappa shape index (κ3) is 3.23. The van der Waals surface area contributed by atoms with Crippen LogP contribution in [0.15, 0.2) is 41.0 Å². The largest absolute Gasteiger partial charge is 0.497 e. The van der Waals surface area contributed by atoms with Crippen molar-refractivity contribution in [3.8, 4) is 5.75 Å². The van der Waals surface area contributed by atoms with Crippen molar-refractivity contribution in [3.05, 3.63) is 46.6 Å². The number of nitrogens with two attached hydrogens (primary N) is 1. The molecular weight excluding hydrogens is 310 g/mol. The molecule has 0 fully saturated rings. The number of aromatic nitrogens is 1. The first-order chi connectivity index (χ1) is 9.10. The lowest BCUT2D eigenvalue weighted by Gasteiger charge is -2.08. The van der Waals surface area contributed by atoms with Crippen LogP contribution in [0.25, 0.3) is 0 Å². The second-order valence-electron chi connectivity index (χ2n) is 3.77. The molecule has 1 aromatic carbocycles. The van der Waals surface area contributed by atoms with Gasteiger partial charge in [-0.25, -0.2) is 4.98 Å². The summed E-state index contributed by atoms with van der Waals surface area (Å²) in [5, 5.41) is 2.74. The summed E-state index contributed by atoms with van der Waals surface area (Å²) >= 11 is 3.25. The molecule has 2 aromatic rings. The maximum absolute atomic E-state index is 12.1. The van der Waals surface area contributed by atoms with E-state index in [0.717, 1.165) is 5.75 Å². The summed E-state index contributed by atoms with van der Waals surface area (Å²) in [7, 11) is 1.58. The Hall–Kier alpha value is -2.08. The van der Waals surface area contributed by atoms with Crippen molar-refractivity contribution in [2.24, 2.45) is 0 Å². The smallest absolute Gasteiger partial charge is 0.259 e. The van der Waals surface area contributed by atoms with Crippen molar-refractivity contribution in [2.75, 3.05) is 18.2 Å². The monoisotopic (exact) mass is 321 g/mol. The second-order valence-corrected chi connectivity index (χ2v) is 4.68. The fourth-order valence-corrected chi connectivity index (χ4v) is 1.84. The van der Waals surface area contributed by atoms with Crippen LogP contribution in [0.5, 0.6) is 5.75 Å². The molecule has 0 bridgehead atoms. The molecule has 0 unspecified atom stereocenters. The van der Waals surface area contributed by atoms with E-state index in [0.29, 0.717) is 15.7 Å². The van der Waals surface area contributed by atoms with Gasteiger partial charge in [-0.2, -0.15) is 0 Å². The molecule has 0 aliphatic heterocycles. The van der Waals surface area contributed by atoms with Crippen molar-refractivity contribution >= 4 is 33.3 Å². The SMILES string of the molecule is COc1ccc(NC(=O)c2cc(Br)cnc2N)cc1. The zero-order valence-electron chi connectivity index (χ0n) is 10.2. The van der Waals surface area contributed by atoms with Crippen LogP contribution in [-0.2, 0) is 0 Å². The summed E-state index contributed by atoms with van der Waals surface area (Å²) in [6, 6.07) is 8.65. The topological polar surface area (TPSA) is 77.2 Å². The number of nitrogen functional groups attached to an aromatic ring is 1. The molecule has 6 heteroatoms. The summed E-state index contributed by atoms with van der Waals surface area (Å²) < 4.78 is 5.74. The molecule has 2 rings (SSSR count). The maximum Gasteiger partial charge on any atom is 0.259 e. The number of ether oxygens (including phenoxy) is 1. The predicted molar refractivity (Wildman–Crippen MR) is 77.3 cm³/mol. The van der Waals surface area contributed by atoms with Gasteiger partial charge in [0, 0.05) is 16.4 Å². The van der Waals surface area contributed by atoms with Crippen LogP contribution in [0, 0.1) is 0 Å². The average molecular weight is 322 g/mol. The van der Waals surface area contributed by atoms with E-state index in [9.17, 15) is 4.79 Å². The van der Waals surface area contributed by atoms with Gasteiger partial charge in [0.1, 0.15) is 11.6 Å². The van der Waals surface area contributed by atoms with Gasteiger partial charge < -0.3 is 15.8 Å². The number of hydrogen-bond donors (Lipinski definition) is 2. The van der Waals surface area contributed by atoms with E-state index >= 15 is 0 Å². The van der Waals surface area contributed by atoms with Crippen LogP contribution in [0.1, 0.15) is 10.4 Å². The number of pyridine rings is 1. The van der Waals surface area contributed by atoms with Crippen LogP contribution < -0.4 is 15.8 Å². The fraction of sp³-hybridized carbons (Fsp3) is 0.0769. The Kier molecular flexibility index (Phi) is 4.01. The molecule has 0 atom stereocenters. The van der Waals surface area contributed by atoms with Crippen LogP contribution in [0.2, 0.25) is 0 Å². The van der Waals surface area contributed by atoms with Crippen LogP contribution in [0.3, 0.4) is 0 Å². The van der Waals surface area contributed by atoms with Crippen molar-refractivity contribution < 1.29 is 9.53 Å². The summed E-state index contributed by atoms with van der Waals surface area (Å²) in [6.07, 6.45) is 1.54. The van der Waals surface area contributed by atoms with Gasteiger partial charge in [-0.05, 0) is 46.3 Å². The molecule has 5 nitrogen and oxygen atoms in total. The minimum atomic E-state index is -0.309. The van der Waals surface area contributed by atoms with E-state index in [-0.39, 0.29) is 11.7 Å². The highest BCUT2D eigenvalue weighted by Gasteiger charge is 2.11. The highest BCUT2D eigenvalue weighted by atomic mass is 79.9. The van der Waals surface area contributed by atoms with Crippen LogP contribution in [0.4, 0.5) is 11.5 Å². The number of carbonyl (C=O) groups excluding carboxylic acids is 1.